The average Bonchev–Trinajstić information content (AvgIpc) is 2.79. The molecule has 0 aliphatic carbocycles. The van der Waals surface area contributed by atoms with Crippen LogP contribution < -0.4 is 5.32 Å². The van der Waals surface area contributed by atoms with E-state index < -0.39 is 22.0 Å². The van der Waals surface area contributed by atoms with Gasteiger partial charge in [-0.1, -0.05) is 61.9 Å². The zero-order valence-electron chi connectivity index (χ0n) is 20.0. The Bertz CT molecular complexity index is 1060. The van der Waals surface area contributed by atoms with Crippen LogP contribution in [0.1, 0.15) is 44.2 Å². The van der Waals surface area contributed by atoms with Crippen LogP contribution in [-0.4, -0.2) is 48.8 Å². The maximum atomic E-state index is 13.3. The molecule has 2 aromatic carbocycles. The monoisotopic (exact) mass is 486 g/mol. The molecule has 1 amide bonds. The van der Waals surface area contributed by atoms with Crippen molar-refractivity contribution in [2.24, 2.45) is 5.92 Å². The summed E-state index contributed by atoms with van der Waals surface area (Å²) in [7, 11) is -3.97. The molecule has 0 aliphatic rings. The lowest BCUT2D eigenvalue weighted by atomic mass is 10.1. The van der Waals surface area contributed by atoms with Crippen LogP contribution >= 0.6 is 0 Å². The summed E-state index contributed by atoms with van der Waals surface area (Å²) in [4.78, 5) is 24.1. The number of carbonyl (C=O) groups excluding carboxylic acids is 1. The number of hydrogen-bond acceptors (Lipinski definition) is 4. The number of hydrogen-bond donors (Lipinski definition) is 2. The topological polar surface area (TPSA) is 104 Å². The van der Waals surface area contributed by atoms with Crippen LogP contribution in [-0.2, 0) is 19.6 Å². The minimum absolute atomic E-state index is 0.0437. The fourth-order valence-electron chi connectivity index (χ4n) is 3.46. The summed E-state index contributed by atoms with van der Waals surface area (Å²) < 4.78 is 27.7. The van der Waals surface area contributed by atoms with E-state index >= 15 is 0 Å². The first-order valence-electron chi connectivity index (χ1n) is 11.4. The van der Waals surface area contributed by atoms with Crippen molar-refractivity contribution in [2.45, 2.75) is 51.0 Å². The van der Waals surface area contributed by atoms with Crippen LogP contribution in [0, 0.1) is 12.8 Å². The summed E-state index contributed by atoms with van der Waals surface area (Å²) in [5.41, 5.74) is 1.84. The van der Waals surface area contributed by atoms with Crippen molar-refractivity contribution < 1.29 is 23.1 Å². The zero-order chi connectivity index (χ0) is 25.1. The van der Waals surface area contributed by atoms with Gasteiger partial charge in [0.1, 0.15) is 6.04 Å². The largest absolute Gasteiger partial charge is 0.480 e. The molecule has 0 aromatic heterocycles. The van der Waals surface area contributed by atoms with Crippen LogP contribution in [0.2, 0.25) is 0 Å². The van der Waals surface area contributed by atoms with Gasteiger partial charge in [0.15, 0.2) is 0 Å². The SMILES string of the molecule is Cc1ccc(S(=O)(=O)N(CC(C)C)C(CCCCNC(=O)C=Cc2ccccc2)C(=O)O)cc1. The van der Waals surface area contributed by atoms with Crippen molar-refractivity contribution in [1.82, 2.24) is 9.62 Å². The van der Waals surface area contributed by atoms with Crippen LogP contribution in [0.3, 0.4) is 0 Å². The Hall–Kier alpha value is -2.97. The number of aryl methyl sites for hydroxylation is 1. The van der Waals surface area contributed by atoms with E-state index in [0.29, 0.717) is 19.4 Å². The second-order valence-electron chi connectivity index (χ2n) is 8.67. The van der Waals surface area contributed by atoms with E-state index in [4.69, 9.17) is 0 Å². The molecule has 8 heteroatoms. The molecule has 1 atom stereocenters. The van der Waals surface area contributed by atoms with Gasteiger partial charge in [0.2, 0.25) is 15.9 Å². The highest BCUT2D eigenvalue weighted by Crippen LogP contribution is 2.23. The predicted octanol–water partition coefficient (Wildman–Crippen LogP) is 4.09. The summed E-state index contributed by atoms with van der Waals surface area (Å²) in [5.74, 6) is -1.45. The molecule has 1 unspecified atom stereocenters. The number of aliphatic carboxylic acids is 1. The van der Waals surface area contributed by atoms with Crippen LogP contribution in [0.5, 0.6) is 0 Å². The fourth-order valence-corrected chi connectivity index (χ4v) is 5.23. The lowest BCUT2D eigenvalue weighted by Crippen LogP contribution is -2.46. The lowest BCUT2D eigenvalue weighted by Gasteiger charge is -2.29. The molecule has 0 saturated heterocycles. The Morgan fingerprint density at radius 3 is 2.26 bits per heavy atom. The number of carboxylic acid groups (broad SMARTS) is 1. The Balaban J connectivity index is 1.98. The number of benzene rings is 2. The minimum Gasteiger partial charge on any atom is -0.480 e. The maximum absolute atomic E-state index is 13.3. The van der Waals surface area contributed by atoms with Gasteiger partial charge in [-0.25, -0.2) is 8.42 Å². The molecule has 0 saturated carbocycles. The first-order chi connectivity index (χ1) is 16.1. The molecule has 0 fully saturated rings. The quantitative estimate of drug-likeness (QED) is 0.328. The van der Waals surface area contributed by atoms with Gasteiger partial charge in [0.05, 0.1) is 4.90 Å². The number of rotatable bonds is 13. The van der Waals surface area contributed by atoms with Crippen molar-refractivity contribution in [3.8, 4) is 0 Å². The standard InChI is InChI=1S/C26H34N2O5S/c1-20(2)19-28(34(32,33)23-15-12-21(3)13-16-23)24(26(30)31)11-7-8-18-27-25(29)17-14-22-9-5-4-6-10-22/h4-6,9-10,12-17,20,24H,7-8,11,18-19H2,1-3H3,(H,27,29)(H,30,31). The lowest BCUT2D eigenvalue weighted by molar-refractivity contribution is -0.141. The highest BCUT2D eigenvalue weighted by Gasteiger charge is 2.35. The van der Waals surface area contributed by atoms with E-state index in [1.165, 1.54) is 18.2 Å². The predicted molar refractivity (Wildman–Crippen MR) is 134 cm³/mol. The van der Waals surface area contributed by atoms with Crippen molar-refractivity contribution in [3.05, 3.63) is 71.8 Å². The van der Waals surface area contributed by atoms with Gasteiger partial charge >= 0.3 is 5.97 Å². The van der Waals surface area contributed by atoms with Gasteiger partial charge in [-0.15, -0.1) is 0 Å². The number of amides is 1. The zero-order valence-corrected chi connectivity index (χ0v) is 20.8. The van der Waals surface area contributed by atoms with Gasteiger partial charge in [-0.05, 0) is 55.9 Å². The van der Waals surface area contributed by atoms with E-state index in [1.807, 2.05) is 51.1 Å². The van der Waals surface area contributed by atoms with E-state index in [9.17, 15) is 23.1 Å². The first kappa shape index (κ1) is 27.3. The average molecular weight is 487 g/mol. The number of nitrogens with one attached hydrogen (secondary N) is 1. The Kier molecular flexibility index (Phi) is 10.5. The van der Waals surface area contributed by atoms with Crippen LogP contribution in [0.15, 0.2) is 65.6 Å². The molecule has 0 bridgehead atoms. The second-order valence-corrected chi connectivity index (χ2v) is 10.6. The summed E-state index contributed by atoms with van der Waals surface area (Å²) in [5, 5.41) is 12.6. The Morgan fingerprint density at radius 2 is 1.68 bits per heavy atom. The Morgan fingerprint density at radius 1 is 1.03 bits per heavy atom. The van der Waals surface area contributed by atoms with Gasteiger partial charge in [0.25, 0.3) is 0 Å². The number of sulfonamides is 1. The molecule has 0 spiro atoms. The van der Waals surface area contributed by atoms with Gasteiger partial charge in [-0.2, -0.15) is 4.31 Å². The molecule has 0 heterocycles. The van der Waals surface area contributed by atoms with E-state index in [2.05, 4.69) is 5.32 Å². The summed E-state index contributed by atoms with van der Waals surface area (Å²) in [6.45, 7) is 6.05. The van der Waals surface area contributed by atoms with Crippen LogP contribution in [0.25, 0.3) is 6.08 Å². The van der Waals surface area contributed by atoms with Crippen LogP contribution in [0.4, 0.5) is 0 Å². The van der Waals surface area contributed by atoms with Crippen molar-refractivity contribution >= 4 is 28.0 Å². The third-order valence-electron chi connectivity index (χ3n) is 5.24. The molecule has 0 radical (unpaired) electrons. The molecule has 34 heavy (non-hydrogen) atoms. The summed E-state index contributed by atoms with van der Waals surface area (Å²) in [6, 6.07) is 14.7. The first-order valence-corrected chi connectivity index (χ1v) is 12.9. The maximum Gasteiger partial charge on any atom is 0.322 e. The highest BCUT2D eigenvalue weighted by molar-refractivity contribution is 7.89. The molecule has 0 aliphatic heterocycles. The molecule has 2 rings (SSSR count). The third kappa shape index (κ3) is 8.43. The van der Waals surface area contributed by atoms with E-state index in [-0.39, 0.29) is 29.7 Å². The molecule has 184 valence electrons. The summed E-state index contributed by atoms with van der Waals surface area (Å²) >= 11 is 0. The molecule has 7 nitrogen and oxygen atoms in total. The molecule has 2 N–H and O–H groups in total. The van der Waals surface area contributed by atoms with E-state index in [1.54, 1.807) is 18.2 Å². The van der Waals surface area contributed by atoms with Crippen molar-refractivity contribution in [1.29, 1.82) is 0 Å². The number of nitrogens with zero attached hydrogens (tertiary/aromatic N) is 1. The Labute approximate surface area is 202 Å². The highest BCUT2D eigenvalue weighted by atomic mass is 32.2. The van der Waals surface area contributed by atoms with Crippen molar-refractivity contribution in [2.75, 3.05) is 13.1 Å². The molecular weight excluding hydrogens is 452 g/mol. The third-order valence-corrected chi connectivity index (χ3v) is 7.12. The van der Waals surface area contributed by atoms with Gasteiger partial charge in [0, 0.05) is 19.2 Å². The van der Waals surface area contributed by atoms with E-state index in [0.717, 1.165) is 15.4 Å². The fraction of sp³-hybridized carbons (Fsp3) is 0.385. The summed E-state index contributed by atoms with van der Waals surface area (Å²) in [6.07, 6.45) is 4.32. The second kappa shape index (κ2) is 13.1. The number of carbonyl (C=O) groups is 2. The smallest absolute Gasteiger partial charge is 0.322 e. The van der Waals surface area contributed by atoms with Gasteiger partial charge < -0.3 is 10.4 Å². The number of carboxylic acids is 1. The molecule has 2 aromatic rings. The normalized spacial score (nSPS) is 12.9. The van der Waals surface area contributed by atoms with Gasteiger partial charge in [-0.3, -0.25) is 9.59 Å². The minimum atomic E-state index is -3.97. The van der Waals surface area contributed by atoms with Crippen molar-refractivity contribution in [3.63, 3.8) is 0 Å². The molecular formula is C26H34N2O5S. The number of unbranched alkanes of at least 4 members (excludes halogenated alkanes) is 1.